The largest absolute Gasteiger partial charge is 0.345 e. The molecule has 3 aromatic rings. The van der Waals surface area contributed by atoms with Gasteiger partial charge in [-0.3, -0.25) is 4.79 Å². The molecule has 0 spiro atoms. The van der Waals surface area contributed by atoms with Gasteiger partial charge >= 0.3 is 0 Å². The number of aromatic nitrogens is 2. The van der Waals surface area contributed by atoms with E-state index in [1.165, 1.54) is 11.1 Å². The third kappa shape index (κ3) is 2.41. The van der Waals surface area contributed by atoms with E-state index in [9.17, 15) is 4.79 Å². The summed E-state index contributed by atoms with van der Waals surface area (Å²) < 4.78 is 1.07. The normalized spacial score (nSPS) is 16.7. The molecule has 4 rings (SSSR count). The van der Waals surface area contributed by atoms with Crippen LogP contribution in [0.25, 0.3) is 11.0 Å². The number of aromatic amines is 1. The summed E-state index contributed by atoms with van der Waals surface area (Å²) in [5, 5.41) is 3.02. The van der Waals surface area contributed by atoms with Crippen molar-refractivity contribution in [1.82, 2.24) is 9.97 Å². The number of hydrogen-bond donors (Lipinski definition) is 2. The Balaban J connectivity index is 1.51. The van der Waals surface area contributed by atoms with E-state index in [0.717, 1.165) is 34.0 Å². The number of benzene rings is 2. The van der Waals surface area contributed by atoms with Crippen LogP contribution in [0.15, 0.2) is 47.2 Å². The highest BCUT2D eigenvalue weighted by molar-refractivity contribution is 9.10. The van der Waals surface area contributed by atoms with E-state index in [0.29, 0.717) is 0 Å². The zero-order chi connectivity index (χ0) is 15.1. The third-order valence-electron chi connectivity index (χ3n) is 4.16. The van der Waals surface area contributed by atoms with Gasteiger partial charge in [-0.2, -0.15) is 0 Å². The minimum Gasteiger partial charge on any atom is -0.345 e. The lowest BCUT2D eigenvalue weighted by Crippen LogP contribution is -2.23. The molecule has 0 radical (unpaired) electrons. The topological polar surface area (TPSA) is 57.8 Å². The molecule has 2 N–H and O–H groups in total. The maximum atomic E-state index is 12.5. The van der Waals surface area contributed by atoms with E-state index in [4.69, 9.17) is 0 Å². The minimum atomic E-state index is 0.00163. The highest BCUT2D eigenvalue weighted by Crippen LogP contribution is 2.30. The van der Waals surface area contributed by atoms with Crippen molar-refractivity contribution in [1.29, 1.82) is 0 Å². The van der Waals surface area contributed by atoms with Crippen LogP contribution in [0.4, 0.5) is 5.69 Å². The second-order valence-corrected chi connectivity index (χ2v) is 6.56. The molecule has 0 saturated heterocycles. The molecule has 1 heterocycles. The van der Waals surface area contributed by atoms with E-state index in [2.05, 4.69) is 43.3 Å². The van der Waals surface area contributed by atoms with Gasteiger partial charge in [-0.15, -0.1) is 0 Å². The van der Waals surface area contributed by atoms with Crippen molar-refractivity contribution >= 4 is 38.6 Å². The molecule has 5 heteroatoms. The van der Waals surface area contributed by atoms with Crippen molar-refractivity contribution in [3.05, 3.63) is 58.3 Å². The molecular weight excluding hydrogens is 342 g/mol. The fourth-order valence-electron chi connectivity index (χ4n) is 3.03. The van der Waals surface area contributed by atoms with Gasteiger partial charge in [0.2, 0.25) is 5.91 Å². The van der Waals surface area contributed by atoms with Gasteiger partial charge in [-0.25, -0.2) is 4.98 Å². The molecule has 22 heavy (non-hydrogen) atoms. The van der Waals surface area contributed by atoms with Gasteiger partial charge < -0.3 is 10.3 Å². The fourth-order valence-corrected chi connectivity index (χ4v) is 3.44. The molecule has 110 valence electrons. The number of halogens is 1. The van der Waals surface area contributed by atoms with E-state index in [-0.39, 0.29) is 11.8 Å². The van der Waals surface area contributed by atoms with Crippen molar-refractivity contribution < 1.29 is 4.79 Å². The summed E-state index contributed by atoms with van der Waals surface area (Å²) >= 11 is 3.48. The lowest BCUT2D eigenvalue weighted by Gasteiger charge is -2.10. The zero-order valence-electron chi connectivity index (χ0n) is 11.8. The molecule has 0 saturated carbocycles. The monoisotopic (exact) mass is 355 g/mol. The van der Waals surface area contributed by atoms with Gasteiger partial charge in [-0.1, -0.05) is 22.0 Å². The zero-order valence-corrected chi connectivity index (χ0v) is 13.4. The maximum Gasteiger partial charge on any atom is 0.228 e. The molecule has 0 bridgehead atoms. The first-order valence-corrected chi connectivity index (χ1v) is 7.99. The maximum absolute atomic E-state index is 12.5. The van der Waals surface area contributed by atoms with Crippen LogP contribution in [-0.2, 0) is 17.6 Å². The average Bonchev–Trinajstić information content (AvgIpc) is 3.12. The molecule has 1 amide bonds. The van der Waals surface area contributed by atoms with Crippen LogP contribution in [0, 0.1) is 5.92 Å². The number of rotatable bonds is 2. The summed E-state index contributed by atoms with van der Waals surface area (Å²) in [7, 11) is 0. The Bertz CT molecular complexity index is 871. The van der Waals surface area contributed by atoms with Gasteiger partial charge in [0.25, 0.3) is 0 Å². The van der Waals surface area contributed by atoms with Gasteiger partial charge in [-0.05, 0) is 54.3 Å². The predicted molar refractivity (Wildman–Crippen MR) is 89.8 cm³/mol. The van der Waals surface area contributed by atoms with Crippen LogP contribution >= 0.6 is 15.9 Å². The SMILES string of the molecule is O=C(Nc1ccc2nc[nH]c2c1)C1Cc2ccc(Br)cc2C1. The highest BCUT2D eigenvalue weighted by atomic mass is 79.9. The van der Waals surface area contributed by atoms with Gasteiger partial charge in [0, 0.05) is 16.1 Å². The van der Waals surface area contributed by atoms with Crippen molar-refractivity contribution in [2.75, 3.05) is 5.32 Å². The Kier molecular flexibility index (Phi) is 3.22. The van der Waals surface area contributed by atoms with Crippen LogP contribution in [0.3, 0.4) is 0 Å². The molecule has 0 aliphatic heterocycles. The summed E-state index contributed by atoms with van der Waals surface area (Å²) in [6.07, 6.45) is 3.26. The number of carbonyl (C=O) groups excluding carboxylic acids is 1. The molecule has 4 nitrogen and oxygen atoms in total. The van der Waals surface area contributed by atoms with E-state index in [1.54, 1.807) is 6.33 Å². The summed E-state index contributed by atoms with van der Waals surface area (Å²) in [5.41, 5.74) is 5.16. The first-order chi connectivity index (χ1) is 10.7. The quantitative estimate of drug-likeness (QED) is 0.736. The van der Waals surface area contributed by atoms with E-state index < -0.39 is 0 Å². The van der Waals surface area contributed by atoms with Gasteiger partial charge in [0.05, 0.1) is 17.4 Å². The number of fused-ring (bicyclic) bond motifs is 2. The van der Waals surface area contributed by atoms with E-state index in [1.807, 2.05) is 24.3 Å². The number of amides is 1. The Hall–Kier alpha value is -2.14. The smallest absolute Gasteiger partial charge is 0.228 e. The molecular formula is C17H14BrN3O. The predicted octanol–water partition coefficient (Wildman–Crippen LogP) is 3.68. The van der Waals surface area contributed by atoms with Crippen LogP contribution in [0.1, 0.15) is 11.1 Å². The first-order valence-electron chi connectivity index (χ1n) is 7.20. The van der Waals surface area contributed by atoms with Crippen molar-refractivity contribution in [2.45, 2.75) is 12.8 Å². The van der Waals surface area contributed by atoms with Crippen LogP contribution in [-0.4, -0.2) is 15.9 Å². The third-order valence-corrected chi connectivity index (χ3v) is 4.65. The second kappa shape index (κ2) is 5.25. The minimum absolute atomic E-state index is 0.00163. The molecule has 1 aliphatic rings. The van der Waals surface area contributed by atoms with Gasteiger partial charge in [0.1, 0.15) is 0 Å². The number of imidazole rings is 1. The Labute approximate surface area is 136 Å². The molecule has 0 fully saturated rings. The van der Waals surface area contributed by atoms with Crippen molar-refractivity contribution in [3.63, 3.8) is 0 Å². The second-order valence-electron chi connectivity index (χ2n) is 5.64. The molecule has 1 aliphatic carbocycles. The van der Waals surface area contributed by atoms with Gasteiger partial charge in [0.15, 0.2) is 0 Å². The number of nitrogens with zero attached hydrogens (tertiary/aromatic N) is 1. The lowest BCUT2D eigenvalue weighted by atomic mass is 10.1. The Morgan fingerprint density at radius 1 is 1.18 bits per heavy atom. The van der Waals surface area contributed by atoms with Crippen LogP contribution in [0.5, 0.6) is 0 Å². The number of hydrogen-bond acceptors (Lipinski definition) is 2. The standard InChI is InChI=1S/C17H14BrN3O/c18-13-2-1-10-5-12(6-11(10)7-13)17(22)21-14-3-4-15-16(8-14)20-9-19-15/h1-4,7-9,12H,5-6H2,(H,19,20)(H,21,22). The first kappa shape index (κ1) is 13.5. The van der Waals surface area contributed by atoms with Crippen molar-refractivity contribution in [3.8, 4) is 0 Å². The highest BCUT2D eigenvalue weighted by Gasteiger charge is 2.27. The Morgan fingerprint density at radius 3 is 2.95 bits per heavy atom. The molecule has 1 unspecified atom stereocenters. The summed E-state index contributed by atoms with van der Waals surface area (Å²) in [5.74, 6) is 0.0768. The summed E-state index contributed by atoms with van der Waals surface area (Å²) in [6.45, 7) is 0. The van der Waals surface area contributed by atoms with Crippen LogP contribution < -0.4 is 5.32 Å². The van der Waals surface area contributed by atoms with E-state index >= 15 is 0 Å². The number of nitrogens with one attached hydrogen (secondary N) is 2. The fraction of sp³-hybridized carbons (Fsp3) is 0.176. The Morgan fingerprint density at radius 2 is 2.05 bits per heavy atom. The lowest BCUT2D eigenvalue weighted by molar-refractivity contribution is -0.119. The number of anilines is 1. The van der Waals surface area contributed by atoms with Crippen molar-refractivity contribution in [2.24, 2.45) is 5.92 Å². The molecule has 2 aromatic carbocycles. The molecule has 1 atom stereocenters. The average molecular weight is 356 g/mol. The number of carbonyl (C=O) groups is 1. The summed E-state index contributed by atoms with van der Waals surface area (Å²) in [4.78, 5) is 19.7. The molecule has 1 aromatic heterocycles. The number of H-pyrrole nitrogens is 1. The van der Waals surface area contributed by atoms with Crippen LogP contribution in [0.2, 0.25) is 0 Å². The summed E-state index contributed by atoms with van der Waals surface area (Å²) in [6, 6.07) is 12.0.